The van der Waals surface area contributed by atoms with Crippen molar-refractivity contribution in [3.63, 3.8) is 0 Å². The molecule has 0 aliphatic heterocycles. The van der Waals surface area contributed by atoms with Crippen LogP contribution in [0.4, 0.5) is 0 Å². The molecular weight excluding hydrogens is 346 g/mol. The third-order valence-corrected chi connectivity index (χ3v) is 5.40. The summed E-state index contributed by atoms with van der Waals surface area (Å²) >= 11 is 1.61. The Morgan fingerprint density at radius 1 is 1.17 bits per heavy atom. The first-order valence-electron chi connectivity index (χ1n) is 7.25. The standard InChI is InChI=1S/C16H17N3O3S2/c1-19-15-5-3-2-4-14(15)18-16(19)23-11-10-22-12-6-8-13(9-7-12)24(17,20)21/h2-9H,10-11H2,1H3,(H2,17,20,21). The first-order valence-corrected chi connectivity index (χ1v) is 9.78. The molecule has 0 spiro atoms. The van der Waals surface area contributed by atoms with Crippen molar-refractivity contribution in [1.82, 2.24) is 9.55 Å². The molecule has 2 N–H and O–H groups in total. The zero-order chi connectivity index (χ0) is 17.2. The zero-order valence-electron chi connectivity index (χ0n) is 13.0. The van der Waals surface area contributed by atoms with E-state index in [1.807, 2.05) is 31.3 Å². The number of aryl methyl sites for hydroxylation is 1. The van der Waals surface area contributed by atoms with Crippen molar-refractivity contribution in [3.05, 3.63) is 48.5 Å². The molecule has 0 amide bonds. The molecule has 3 aromatic rings. The van der Waals surface area contributed by atoms with Crippen molar-refractivity contribution >= 4 is 32.8 Å². The lowest BCUT2D eigenvalue weighted by Gasteiger charge is -2.06. The van der Waals surface area contributed by atoms with Crippen LogP contribution >= 0.6 is 11.8 Å². The fourth-order valence-corrected chi connectivity index (χ4v) is 3.59. The first-order chi connectivity index (χ1) is 11.4. The third kappa shape index (κ3) is 3.72. The van der Waals surface area contributed by atoms with Crippen molar-refractivity contribution < 1.29 is 13.2 Å². The molecule has 0 atom stereocenters. The number of nitrogens with two attached hydrogens (primary N) is 1. The van der Waals surface area contributed by atoms with Gasteiger partial charge in [0, 0.05) is 12.8 Å². The van der Waals surface area contributed by atoms with Gasteiger partial charge in [-0.3, -0.25) is 0 Å². The minimum absolute atomic E-state index is 0.0731. The number of para-hydroxylation sites is 2. The number of hydrogen-bond donors (Lipinski definition) is 1. The highest BCUT2D eigenvalue weighted by molar-refractivity contribution is 7.99. The van der Waals surface area contributed by atoms with Crippen molar-refractivity contribution in [1.29, 1.82) is 0 Å². The molecule has 6 nitrogen and oxygen atoms in total. The Bertz CT molecular complexity index is 950. The van der Waals surface area contributed by atoms with Crippen LogP contribution in [0.15, 0.2) is 58.6 Å². The van der Waals surface area contributed by atoms with Crippen LogP contribution in [-0.4, -0.2) is 30.3 Å². The summed E-state index contributed by atoms with van der Waals surface area (Å²) in [7, 11) is -1.68. The second-order valence-electron chi connectivity index (χ2n) is 5.16. The van der Waals surface area contributed by atoms with Gasteiger partial charge in [0.2, 0.25) is 10.0 Å². The van der Waals surface area contributed by atoms with Crippen molar-refractivity contribution in [2.75, 3.05) is 12.4 Å². The summed E-state index contributed by atoms with van der Waals surface area (Å²) in [5, 5.41) is 5.99. The Labute approximate surface area is 144 Å². The van der Waals surface area contributed by atoms with Crippen LogP contribution in [0.5, 0.6) is 5.75 Å². The van der Waals surface area contributed by atoms with Crippen LogP contribution in [0, 0.1) is 0 Å². The second kappa shape index (κ2) is 6.84. The van der Waals surface area contributed by atoms with Gasteiger partial charge in [0.1, 0.15) is 5.75 Å². The molecule has 0 aliphatic carbocycles. The summed E-state index contributed by atoms with van der Waals surface area (Å²) < 4.78 is 30.1. The number of nitrogens with zero attached hydrogens (tertiary/aromatic N) is 2. The average Bonchev–Trinajstić information content (AvgIpc) is 2.88. The van der Waals surface area contributed by atoms with Gasteiger partial charge in [-0.15, -0.1) is 0 Å². The summed E-state index contributed by atoms with van der Waals surface area (Å²) in [6, 6.07) is 14.1. The fourth-order valence-electron chi connectivity index (χ4n) is 2.27. The van der Waals surface area contributed by atoms with E-state index < -0.39 is 10.0 Å². The maximum Gasteiger partial charge on any atom is 0.238 e. The summed E-state index contributed by atoms with van der Waals surface area (Å²) in [4.78, 5) is 4.66. The molecule has 8 heteroatoms. The maximum atomic E-state index is 11.2. The Kier molecular flexibility index (Phi) is 4.79. The lowest BCUT2D eigenvalue weighted by Crippen LogP contribution is -2.11. The number of rotatable bonds is 6. The van der Waals surface area contributed by atoms with E-state index in [2.05, 4.69) is 9.55 Å². The predicted molar refractivity (Wildman–Crippen MR) is 94.7 cm³/mol. The normalized spacial score (nSPS) is 11.8. The molecule has 3 rings (SSSR count). The van der Waals surface area contributed by atoms with E-state index in [0.29, 0.717) is 12.4 Å². The number of ether oxygens (including phenoxy) is 1. The number of imidazole rings is 1. The third-order valence-electron chi connectivity index (χ3n) is 3.48. The fraction of sp³-hybridized carbons (Fsp3) is 0.188. The summed E-state index contributed by atoms with van der Waals surface area (Å²) in [6.45, 7) is 0.489. The quantitative estimate of drug-likeness (QED) is 0.537. The SMILES string of the molecule is Cn1c(SCCOc2ccc(S(N)(=O)=O)cc2)nc2ccccc21. The number of aromatic nitrogens is 2. The van der Waals surface area contributed by atoms with Gasteiger partial charge < -0.3 is 9.30 Å². The van der Waals surface area contributed by atoms with E-state index in [9.17, 15) is 8.42 Å². The Hall–Kier alpha value is -2.03. The molecule has 0 saturated carbocycles. The van der Waals surface area contributed by atoms with Crippen LogP contribution in [0.2, 0.25) is 0 Å². The highest BCUT2D eigenvalue weighted by Gasteiger charge is 2.08. The lowest BCUT2D eigenvalue weighted by atomic mass is 10.3. The van der Waals surface area contributed by atoms with Crippen LogP contribution in [0.3, 0.4) is 0 Å². The Balaban J connectivity index is 1.56. The molecule has 0 saturated heterocycles. The molecule has 0 aliphatic rings. The first kappa shape index (κ1) is 16.8. The van der Waals surface area contributed by atoms with E-state index in [1.165, 1.54) is 12.1 Å². The molecule has 126 valence electrons. The maximum absolute atomic E-state index is 11.2. The van der Waals surface area contributed by atoms with Gasteiger partial charge in [0.15, 0.2) is 5.16 Å². The van der Waals surface area contributed by atoms with Gasteiger partial charge in [0.05, 0.1) is 22.5 Å². The minimum atomic E-state index is -3.67. The van der Waals surface area contributed by atoms with E-state index in [4.69, 9.17) is 9.88 Å². The van der Waals surface area contributed by atoms with Gasteiger partial charge >= 0.3 is 0 Å². The zero-order valence-corrected chi connectivity index (χ0v) is 14.7. The van der Waals surface area contributed by atoms with Crippen LogP contribution in [0.1, 0.15) is 0 Å². The highest BCUT2D eigenvalue weighted by Crippen LogP contribution is 2.23. The van der Waals surface area contributed by atoms with E-state index in [1.54, 1.807) is 23.9 Å². The molecule has 24 heavy (non-hydrogen) atoms. The molecule has 0 unspecified atom stereocenters. The molecule has 0 radical (unpaired) electrons. The minimum Gasteiger partial charge on any atom is -0.493 e. The number of hydrogen-bond acceptors (Lipinski definition) is 5. The number of sulfonamides is 1. The molecule has 0 bridgehead atoms. The van der Waals surface area contributed by atoms with Gasteiger partial charge in [-0.25, -0.2) is 18.5 Å². The largest absolute Gasteiger partial charge is 0.493 e. The monoisotopic (exact) mass is 363 g/mol. The number of thioether (sulfide) groups is 1. The van der Waals surface area contributed by atoms with Crippen LogP contribution < -0.4 is 9.88 Å². The molecular formula is C16H17N3O3S2. The Morgan fingerprint density at radius 2 is 1.88 bits per heavy atom. The van der Waals surface area contributed by atoms with Crippen LogP contribution in [0.25, 0.3) is 11.0 Å². The summed E-state index contributed by atoms with van der Waals surface area (Å²) in [6.07, 6.45) is 0. The van der Waals surface area contributed by atoms with E-state index in [0.717, 1.165) is 21.9 Å². The summed E-state index contributed by atoms with van der Waals surface area (Å²) in [5.41, 5.74) is 2.07. The number of benzene rings is 2. The molecule has 0 fully saturated rings. The lowest BCUT2D eigenvalue weighted by molar-refractivity contribution is 0.343. The molecule has 1 heterocycles. The average molecular weight is 363 g/mol. The van der Waals surface area contributed by atoms with Gasteiger partial charge in [0.25, 0.3) is 0 Å². The second-order valence-corrected chi connectivity index (χ2v) is 7.78. The van der Waals surface area contributed by atoms with Crippen LogP contribution in [-0.2, 0) is 17.1 Å². The van der Waals surface area contributed by atoms with Gasteiger partial charge in [-0.05, 0) is 36.4 Å². The van der Waals surface area contributed by atoms with Gasteiger partial charge in [-0.2, -0.15) is 0 Å². The topological polar surface area (TPSA) is 87.2 Å². The van der Waals surface area contributed by atoms with E-state index in [-0.39, 0.29) is 4.90 Å². The molecule has 1 aromatic heterocycles. The Morgan fingerprint density at radius 3 is 2.54 bits per heavy atom. The number of primary sulfonamides is 1. The number of fused-ring (bicyclic) bond motifs is 1. The van der Waals surface area contributed by atoms with E-state index >= 15 is 0 Å². The predicted octanol–water partition coefficient (Wildman–Crippen LogP) is 2.39. The van der Waals surface area contributed by atoms with Crippen molar-refractivity contribution in [2.24, 2.45) is 12.2 Å². The van der Waals surface area contributed by atoms with Crippen molar-refractivity contribution in [2.45, 2.75) is 10.1 Å². The summed E-state index contributed by atoms with van der Waals surface area (Å²) in [5.74, 6) is 1.33. The smallest absolute Gasteiger partial charge is 0.238 e. The highest BCUT2D eigenvalue weighted by atomic mass is 32.2. The van der Waals surface area contributed by atoms with Crippen molar-refractivity contribution in [3.8, 4) is 5.75 Å². The molecule has 2 aromatic carbocycles. The van der Waals surface area contributed by atoms with Gasteiger partial charge in [-0.1, -0.05) is 23.9 Å².